The van der Waals surface area contributed by atoms with Crippen LogP contribution in [0.5, 0.6) is 11.5 Å². The molecule has 7 nitrogen and oxygen atoms in total. The van der Waals surface area contributed by atoms with Crippen LogP contribution in [-0.4, -0.2) is 53.1 Å². The van der Waals surface area contributed by atoms with E-state index in [2.05, 4.69) is 22.9 Å². The number of nitrogens with zero attached hydrogens (tertiary/aromatic N) is 2. The third kappa shape index (κ3) is 6.86. The largest absolute Gasteiger partial charge is 0.490 e. The van der Waals surface area contributed by atoms with Crippen LogP contribution in [-0.2, 0) is 16.2 Å². The molecule has 0 aliphatic carbocycles. The molecule has 0 aromatic heterocycles. The summed E-state index contributed by atoms with van der Waals surface area (Å²) in [5.74, 6) is 0.832. The Morgan fingerprint density at radius 2 is 1.89 bits per heavy atom. The van der Waals surface area contributed by atoms with Gasteiger partial charge in [0.05, 0.1) is 16.0 Å². The second kappa shape index (κ2) is 12.8. The Labute approximate surface area is 244 Å². The smallest absolute Gasteiger partial charge is 0.294 e. The van der Waals surface area contributed by atoms with Gasteiger partial charge in [-0.2, -0.15) is 0 Å². The summed E-state index contributed by atoms with van der Waals surface area (Å²) >= 11 is 16.6. The molecule has 4 rings (SSSR count). The number of halogens is 3. The number of carbonyl (C=O) groups is 3. The third-order valence-corrected chi connectivity index (χ3v) is 8.40. The first kappa shape index (κ1) is 28.8. The predicted molar refractivity (Wildman–Crippen MR) is 154 cm³/mol. The van der Waals surface area contributed by atoms with Gasteiger partial charge in [0.25, 0.3) is 11.1 Å². The van der Waals surface area contributed by atoms with Gasteiger partial charge in [-0.15, -0.1) is 0 Å². The molecule has 0 spiro atoms. The molecule has 2 saturated heterocycles. The maximum atomic E-state index is 13.0. The maximum absolute atomic E-state index is 13.0. The van der Waals surface area contributed by atoms with Crippen molar-refractivity contribution in [2.75, 3.05) is 26.2 Å². The average Bonchev–Trinajstić information content (AvgIpc) is 3.12. The zero-order chi connectivity index (χ0) is 27.4. The van der Waals surface area contributed by atoms with Crippen LogP contribution in [0.1, 0.15) is 37.8 Å². The Kier molecular flexibility index (Phi) is 9.68. The number of amides is 3. The predicted octanol–water partition coefficient (Wildman–Crippen LogP) is 7.03. The fourth-order valence-electron chi connectivity index (χ4n) is 4.14. The summed E-state index contributed by atoms with van der Waals surface area (Å²) in [7, 11) is 0. The number of ether oxygens (including phenoxy) is 2. The van der Waals surface area contributed by atoms with Crippen LogP contribution >= 0.6 is 50.9 Å². The van der Waals surface area contributed by atoms with Crippen LogP contribution in [0, 0.1) is 5.92 Å². The number of rotatable bonds is 8. The zero-order valence-electron chi connectivity index (χ0n) is 21.0. The molecule has 3 amide bonds. The number of hydrogen-bond donors (Lipinski definition) is 0. The minimum Gasteiger partial charge on any atom is -0.490 e. The van der Waals surface area contributed by atoms with Crippen LogP contribution in [0.3, 0.4) is 0 Å². The first-order valence-electron chi connectivity index (χ1n) is 12.2. The van der Waals surface area contributed by atoms with Gasteiger partial charge < -0.3 is 14.4 Å². The quantitative estimate of drug-likeness (QED) is 0.288. The lowest BCUT2D eigenvalue weighted by molar-refractivity contribution is -0.136. The van der Waals surface area contributed by atoms with Gasteiger partial charge in [-0.05, 0) is 89.3 Å². The van der Waals surface area contributed by atoms with Gasteiger partial charge in [-0.3, -0.25) is 19.3 Å². The van der Waals surface area contributed by atoms with E-state index in [9.17, 15) is 14.4 Å². The van der Waals surface area contributed by atoms with Crippen molar-refractivity contribution in [3.05, 3.63) is 60.9 Å². The summed E-state index contributed by atoms with van der Waals surface area (Å²) in [5.41, 5.74) is 1.40. The highest BCUT2D eigenvalue weighted by Gasteiger charge is 2.37. The van der Waals surface area contributed by atoms with E-state index in [-0.39, 0.29) is 24.0 Å². The topological polar surface area (TPSA) is 76.2 Å². The molecule has 0 N–H and O–H groups in total. The molecule has 202 valence electrons. The number of thioether (sulfide) groups is 1. The van der Waals surface area contributed by atoms with E-state index in [1.54, 1.807) is 41.3 Å². The van der Waals surface area contributed by atoms with Gasteiger partial charge in [0, 0.05) is 28.7 Å². The summed E-state index contributed by atoms with van der Waals surface area (Å²) in [6.07, 6.45) is 3.47. The van der Waals surface area contributed by atoms with Crippen LogP contribution in [0.2, 0.25) is 10.0 Å². The highest BCUT2D eigenvalue weighted by atomic mass is 79.9. The van der Waals surface area contributed by atoms with Gasteiger partial charge in [0.2, 0.25) is 5.91 Å². The monoisotopic (exact) mass is 640 g/mol. The van der Waals surface area contributed by atoms with E-state index in [0.717, 1.165) is 35.1 Å². The van der Waals surface area contributed by atoms with Crippen LogP contribution in [0.25, 0.3) is 6.08 Å². The second-order valence-corrected chi connectivity index (χ2v) is 11.8. The fourth-order valence-corrected chi connectivity index (χ4v) is 6.02. The Balaban J connectivity index is 1.49. The van der Waals surface area contributed by atoms with Crippen LogP contribution in [0.15, 0.2) is 39.7 Å². The van der Waals surface area contributed by atoms with Crippen molar-refractivity contribution in [3.63, 3.8) is 0 Å². The normalized spacial score (nSPS) is 17.4. The molecule has 0 saturated carbocycles. The van der Waals surface area contributed by atoms with E-state index in [1.807, 2.05) is 6.92 Å². The van der Waals surface area contributed by atoms with Gasteiger partial charge >= 0.3 is 0 Å². The van der Waals surface area contributed by atoms with Crippen molar-refractivity contribution in [1.29, 1.82) is 0 Å². The molecule has 0 unspecified atom stereocenters. The lowest BCUT2D eigenvalue weighted by Gasteiger charge is -2.31. The number of carbonyl (C=O) groups excluding carboxylic acids is 3. The molecular formula is C27H27BrCl2N2O5S. The first-order valence-corrected chi connectivity index (χ1v) is 14.6. The lowest BCUT2D eigenvalue weighted by Crippen LogP contribution is -2.45. The molecule has 2 aliphatic rings. The Morgan fingerprint density at radius 3 is 2.58 bits per heavy atom. The van der Waals surface area contributed by atoms with E-state index >= 15 is 0 Å². The molecule has 2 aromatic rings. The van der Waals surface area contributed by atoms with Crippen molar-refractivity contribution in [3.8, 4) is 11.5 Å². The summed E-state index contributed by atoms with van der Waals surface area (Å²) in [4.78, 5) is 41.3. The standard InChI is InChI=1S/C27H27BrCl2N2O5S/c1-3-36-22-11-17(10-20(28)25(22)37-15-18-4-5-19(29)13-21(18)30)12-23-26(34)32(27(35)38-23)14-24(33)31-8-6-16(2)7-9-31/h4-5,10-13,16H,3,6-9,14-15H2,1-2H3/b23-12-. The van der Waals surface area contributed by atoms with E-state index in [0.29, 0.717) is 57.2 Å². The average molecular weight is 642 g/mol. The Bertz CT molecular complexity index is 1280. The zero-order valence-corrected chi connectivity index (χ0v) is 24.9. The minimum atomic E-state index is -0.481. The Morgan fingerprint density at radius 1 is 1.16 bits per heavy atom. The van der Waals surface area contributed by atoms with Crippen molar-refractivity contribution < 1.29 is 23.9 Å². The van der Waals surface area contributed by atoms with Crippen molar-refractivity contribution in [2.45, 2.75) is 33.3 Å². The number of imide groups is 1. The molecule has 2 fully saturated rings. The van der Waals surface area contributed by atoms with Gasteiger partial charge in [-0.1, -0.05) is 36.2 Å². The molecule has 2 aromatic carbocycles. The summed E-state index contributed by atoms with van der Waals surface area (Å²) in [6.45, 7) is 5.65. The molecule has 38 heavy (non-hydrogen) atoms. The summed E-state index contributed by atoms with van der Waals surface area (Å²) in [6, 6.07) is 8.69. The number of likely N-dealkylation sites (tertiary alicyclic amines) is 1. The van der Waals surface area contributed by atoms with Crippen molar-refractivity contribution in [2.24, 2.45) is 5.92 Å². The molecule has 2 aliphatic heterocycles. The first-order chi connectivity index (χ1) is 18.2. The maximum Gasteiger partial charge on any atom is 0.294 e. The Hall–Kier alpha value is -2.20. The SMILES string of the molecule is CCOc1cc(/C=C2\SC(=O)N(CC(=O)N3CCC(C)CC3)C2=O)cc(Br)c1OCc1ccc(Cl)cc1Cl. The number of piperidine rings is 1. The lowest BCUT2D eigenvalue weighted by atomic mass is 9.99. The second-order valence-electron chi connectivity index (χ2n) is 9.12. The molecule has 0 atom stereocenters. The molecular weight excluding hydrogens is 615 g/mol. The molecule has 0 radical (unpaired) electrons. The molecule has 0 bridgehead atoms. The molecule has 2 heterocycles. The molecule has 11 heteroatoms. The minimum absolute atomic E-state index is 0.191. The highest BCUT2D eigenvalue weighted by Crippen LogP contribution is 2.40. The van der Waals surface area contributed by atoms with Gasteiger partial charge in [-0.25, -0.2) is 0 Å². The van der Waals surface area contributed by atoms with E-state index < -0.39 is 11.1 Å². The van der Waals surface area contributed by atoms with Crippen LogP contribution < -0.4 is 9.47 Å². The summed E-state index contributed by atoms with van der Waals surface area (Å²) in [5, 5.41) is 0.574. The van der Waals surface area contributed by atoms with Gasteiger partial charge in [0.15, 0.2) is 11.5 Å². The fraction of sp³-hybridized carbons (Fsp3) is 0.370. The van der Waals surface area contributed by atoms with E-state index in [1.165, 1.54) is 0 Å². The van der Waals surface area contributed by atoms with Crippen LogP contribution in [0.4, 0.5) is 4.79 Å². The highest BCUT2D eigenvalue weighted by molar-refractivity contribution is 9.10. The van der Waals surface area contributed by atoms with Crippen molar-refractivity contribution in [1.82, 2.24) is 9.80 Å². The number of hydrogen-bond acceptors (Lipinski definition) is 6. The third-order valence-electron chi connectivity index (χ3n) is 6.32. The summed E-state index contributed by atoms with van der Waals surface area (Å²) < 4.78 is 12.4. The van der Waals surface area contributed by atoms with E-state index in [4.69, 9.17) is 32.7 Å². The van der Waals surface area contributed by atoms with Crippen molar-refractivity contribution >= 4 is 74.0 Å². The van der Waals surface area contributed by atoms with Gasteiger partial charge in [0.1, 0.15) is 13.2 Å². The number of benzene rings is 2.